The van der Waals surface area contributed by atoms with Crippen molar-refractivity contribution in [1.29, 1.82) is 0 Å². The van der Waals surface area contributed by atoms with Crippen LogP contribution in [0.5, 0.6) is 0 Å². The molecule has 0 radical (unpaired) electrons. The number of benzene rings is 3. The Morgan fingerprint density at radius 3 is 1.90 bits per heavy atom. The Balaban J connectivity index is 1.87. The van der Waals surface area contributed by atoms with Crippen molar-refractivity contribution in [2.24, 2.45) is 0 Å². The maximum Gasteiger partial charge on any atom is 0.269 e. The number of nitrogens with zero attached hydrogens (tertiary/aromatic N) is 1. The summed E-state index contributed by atoms with van der Waals surface area (Å²) < 4.78 is 0. The largest absolute Gasteiger partial charge is 0.361 e. The second-order valence-corrected chi connectivity index (χ2v) is 7.43. The van der Waals surface area contributed by atoms with Crippen molar-refractivity contribution in [1.82, 2.24) is 9.97 Å². The minimum atomic E-state index is -0.592. The number of hydrogen-bond donors (Lipinski definition) is 2. The molecule has 5 aromatic rings. The molecule has 29 heavy (non-hydrogen) atoms. The highest BCUT2D eigenvalue weighted by Crippen LogP contribution is 2.45. The van der Waals surface area contributed by atoms with Crippen molar-refractivity contribution in [2.45, 2.75) is 12.3 Å². The summed E-state index contributed by atoms with van der Waals surface area (Å²) in [5, 5.41) is 13.7. The zero-order chi connectivity index (χ0) is 20.0. The molecule has 5 rings (SSSR count). The molecule has 0 aliphatic carbocycles. The van der Waals surface area contributed by atoms with Gasteiger partial charge < -0.3 is 9.97 Å². The van der Waals surface area contributed by atoms with Gasteiger partial charge in [0.25, 0.3) is 5.69 Å². The highest BCUT2D eigenvalue weighted by atomic mass is 16.6. The van der Waals surface area contributed by atoms with Crippen molar-refractivity contribution in [3.63, 3.8) is 0 Å². The second-order valence-electron chi connectivity index (χ2n) is 7.43. The SMILES string of the molecule is CC(c1cccc([N+](=O)[O-])c1)(c1c[nH]c2ccccc12)c1c[nH]c2ccccc12. The van der Waals surface area contributed by atoms with Gasteiger partial charge in [0.15, 0.2) is 0 Å². The van der Waals surface area contributed by atoms with Crippen molar-refractivity contribution >= 4 is 27.5 Å². The lowest BCUT2D eigenvalue weighted by Crippen LogP contribution is -2.25. The molecule has 0 spiro atoms. The summed E-state index contributed by atoms with van der Waals surface area (Å²) in [6, 6.07) is 23.2. The van der Waals surface area contributed by atoms with E-state index in [1.807, 2.05) is 54.9 Å². The Morgan fingerprint density at radius 1 is 0.793 bits per heavy atom. The third kappa shape index (κ3) is 2.55. The first-order valence-corrected chi connectivity index (χ1v) is 9.47. The fourth-order valence-corrected chi connectivity index (χ4v) is 4.36. The number of nitro groups is 1. The number of fused-ring (bicyclic) bond motifs is 2. The van der Waals surface area contributed by atoms with Gasteiger partial charge in [-0.2, -0.15) is 0 Å². The Hall–Kier alpha value is -3.86. The van der Waals surface area contributed by atoms with Gasteiger partial charge in [0, 0.05) is 51.7 Å². The van der Waals surface area contributed by atoms with E-state index >= 15 is 0 Å². The van der Waals surface area contributed by atoms with Crippen molar-refractivity contribution in [3.8, 4) is 0 Å². The second kappa shape index (κ2) is 6.34. The third-order valence-electron chi connectivity index (χ3n) is 5.89. The topological polar surface area (TPSA) is 74.7 Å². The van der Waals surface area contributed by atoms with Crippen LogP contribution < -0.4 is 0 Å². The quantitative estimate of drug-likeness (QED) is 0.300. The average molecular weight is 381 g/mol. The van der Waals surface area contributed by atoms with Gasteiger partial charge in [-0.25, -0.2) is 0 Å². The van der Waals surface area contributed by atoms with Gasteiger partial charge in [0.05, 0.1) is 4.92 Å². The summed E-state index contributed by atoms with van der Waals surface area (Å²) in [6.45, 7) is 2.14. The maximum absolute atomic E-state index is 11.5. The fourth-order valence-electron chi connectivity index (χ4n) is 4.36. The van der Waals surface area contributed by atoms with Gasteiger partial charge >= 0.3 is 0 Å². The van der Waals surface area contributed by atoms with Gasteiger partial charge in [-0.3, -0.25) is 10.1 Å². The predicted molar refractivity (Wildman–Crippen MR) is 115 cm³/mol. The minimum Gasteiger partial charge on any atom is -0.361 e. The van der Waals surface area contributed by atoms with Gasteiger partial charge in [-0.1, -0.05) is 48.5 Å². The molecule has 142 valence electrons. The zero-order valence-electron chi connectivity index (χ0n) is 15.8. The van der Waals surface area contributed by atoms with Crippen molar-refractivity contribution in [3.05, 3.63) is 112 Å². The van der Waals surface area contributed by atoms with E-state index in [-0.39, 0.29) is 10.6 Å². The molecule has 0 aliphatic rings. The standard InChI is InChI=1S/C24H19N3O2/c1-24(16-7-6-8-17(13-16)27(28)29,20-14-25-22-11-4-2-9-18(20)22)21-15-26-23-12-5-3-10-19(21)23/h2-15,25-26H,1H3. The number of H-pyrrole nitrogens is 2. The van der Waals surface area contributed by atoms with Crippen LogP contribution in [0.25, 0.3) is 21.8 Å². The van der Waals surface area contributed by atoms with E-state index < -0.39 is 5.41 Å². The summed E-state index contributed by atoms with van der Waals surface area (Å²) in [4.78, 5) is 17.9. The fraction of sp³-hybridized carbons (Fsp3) is 0.0833. The molecular weight excluding hydrogens is 362 g/mol. The maximum atomic E-state index is 11.5. The molecule has 0 fully saturated rings. The first-order valence-electron chi connectivity index (χ1n) is 9.47. The van der Waals surface area contributed by atoms with Gasteiger partial charge in [0.1, 0.15) is 0 Å². The van der Waals surface area contributed by atoms with Crippen LogP contribution in [0.2, 0.25) is 0 Å². The van der Waals surface area contributed by atoms with Crippen molar-refractivity contribution < 1.29 is 4.92 Å². The number of hydrogen-bond acceptors (Lipinski definition) is 2. The van der Waals surface area contributed by atoms with Crippen molar-refractivity contribution in [2.75, 3.05) is 0 Å². The highest BCUT2D eigenvalue weighted by molar-refractivity contribution is 5.90. The Kier molecular flexibility index (Phi) is 3.77. The molecule has 3 aromatic carbocycles. The first kappa shape index (κ1) is 17.3. The number of non-ortho nitro benzene ring substituents is 1. The number of para-hydroxylation sites is 2. The van der Waals surface area contributed by atoms with Gasteiger partial charge in [0.2, 0.25) is 0 Å². The van der Waals surface area contributed by atoms with E-state index in [1.54, 1.807) is 12.1 Å². The van der Waals surface area contributed by atoms with Crippen LogP contribution in [-0.4, -0.2) is 14.9 Å². The predicted octanol–water partition coefficient (Wildman–Crippen LogP) is 5.91. The molecule has 2 N–H and O–H groups in total. The van der Waals surface area contributed by atoms with Crippen LogP contribution in [0.1, 0.15) is 23.6 Å². The van der Waals surface area contributed by atoms with E-state index in [9.17, 15) is 10.1 Å². The molecule has 0 unspecified atom stereocenters. The van der Waals surface area contributed by atoms with E-state index in [2.05, 4.69) is 29.0 Å². The minimum absolute atomic E-state index is 0.0911. The monoisotopic (exact) mass is 381 g/mol. The Bertz CT molecular complexity index is 1290. The number of nitro benzene ring substituents is 1. The van der Waals surface area contributed by atoms with Crippen LogP contribution >= 0.6 is 0 Å². The normalized spacial score (nSPS) is 11.9. The lowest BCUT2D eigenvalue weighted by Gasteiger charge is -2.30. The first-order chi connectivity index (χ1) is 14.1. The molecule has 5 heteroatoms. The van der Waals surface area contributed by atoms with Gasteiger partial charge in [-0.15, -0.1) is 0 Å². The van der Waals surface area contributed by atoms with Crippen LogP contribution in [0, 0.1) is 10.1 Å². The number of aromatic amines is 2. The molecular formula is C24H19N3O2. The molecule has 0 bridgehead atoms. The molecule has 0 saturated carbocycles. The molecule has 2 heterocycles. The smallest absolute Gasteiger partial charge is 0.269 e. The zero-order valence-corrected chi connectivity index (χ0v) is 15.8. The van der Waals surface area contributed by atoms with Crippen LogP contribution in [0.4, 0.5) is 5.69 Å². The van der Waals surface area contributed by atoms with Crippen LogP contribution in [0.15, 0.2) is 85.2 Å². The van der Waals surface area contributed by atoms with E-state index in [1.165, 1.54) is 6.07 Å². The molecule has 2 aromatic heterocycles. The molecule has 0 aliphatic heterocycles. The molecule has 0 saturated heterocycles. The molecule has 5 nitrogen and oxygen atoms in total. The summed E-state index contributed by atoms with van der Waals surface area (Å²) in [5.74, 6) is 0. The summed E-state index contributed by atoms with van der Waals surface area (Å²) in [6.07, 6.45) is 4.04. The number of rotatable bonds is 4. The summed E-state index contributed by atoms with van der Waals surface area (Å²) in [5.41, 5.74) is 4.62. The van der Waals surface area contributed by atoms with E-state index in [4.69, 9.17) is 0 Å². The van der Waals surface area contributed by atoms with E-state index in [0.717, 1.165) is 38.5 Å². The third-order valence-corrected chi connectivity index (χ3v) is 5.89. The summed E-state index contributed by atoms with van der Waals surface area (Å²) >= 11 is 0. The van der Waals surface area contributed by atoms with Crippen LogP contribution in [-0.2, 0) is 5.41 Å². The Labute approximate surface area is 167 Å². The van der Waals surface area contributed by atoms with Gasteiger partial charge in [-0.05, 0) is 35.7 Å². The van der Waals surface area contributed by atoms with Crippen LogP contribution in [0.3, 0.4) is 0 Å². The lowest BCUT2D eigenvalue weighted by atomic mass is 9.71. The number of nitrogens with one attached hydrogen (secondary N) is 2. The summed E-state index contributed by atoms with van der Waals surface area (Å²) in [7, 11) is 0. The van der Waals surface area contributed by atoms with E-state index in [0.29, 0.717) is 0 Å². The molecule has 0 atom stereocenters. The number of aromatic nitrogens is 2. The lowest BCUT2D eigenvalue weighted by molar-refractivity contribution is -0.384. The highest BCUT2D eigenvalue weighted by Gasteiger charge is 2.36. The average Bonchev–Trinajstić information content (AvgIpc) is 3.38. The molecule has 0 amide bonds. The Morgan fingerprint density at radius 2 is 1.34 bits per heavy atom.